The summed E-state index contributed by atoms with van der Waals surface area (Å²) in [5, 5.41) is 2.51. The molecule has 0 saturated carbocycles. The summed E-state index contributed by atoms with van der Waals surface area (Å²) in [7, 11) is 0. The Morgan fingerprint density at radius 3 is 2.71 bits per heavy atom. The van der Waals surface area contributed by atoms with Crippen molar-refractivity contribution in [1.29, 1.82) is 0 Å². The van der Waals surface area contributed by atoms with Crippen molar-refractivity contribution in [1.82, 2.24) is 0 Å². The van der Waals surface area contributed by atoms with Gasteiger partial charge in [0, 0.05) is 5.69 Å². The second-order valence-corrected chi connectivity index (χ2v) is 3.90. The zero-order valence-corrected chi connectivity index (χ0v) is 9.72. The number of carbonyl (C=O) groups is 1. The Morgan fingerprint density at radius 1 is 1.35 bits per heavy atom. The molecule has 0 radical (unpaired) electrons. The molecule has 0 aliphatic carbocycles. The van der Waals surface area contributed by atoms with Crippen LogP contribution < -0.4 is 5.32 Å². The van der Waals surface area contributed by atoms with Crippen molar-refractivity contribution >= 4 is 23.2 Å². The molecule has 0 fully saturated rings. The number of benzene rings is 1. The molecule has 17 heavy (non-hydrogen) atoms. The number of hydrogen-bond acceptors (Lipinski definition) is 2. The zero-order valence-electron chi connectivity index (χ0n) is 8.96. The van der Waals surface area contributed by atoms with Crippen LogP contribution in [0, 0.1) is 12.7 Å². The van der Waals surface area contributed by atoms with Gasteiger partial charge in [-0.1, -0.05) is 11.6 Å². The van der Waals surface area contributed by atoms with E-state index in [1.165, 1.54) is 18.2 Å². The maximum Gasteiger partial charge on any atom is 0.291 e. The number of nitrogens with one attached hydrogen (secondary N) is 1. The van der Waals surface area contributed by atoms with E-state index in [-0.39, 0.29) is 10.8 Å². The van der Waals surface area contributed by atoms with Crippen LogP contribution in [0.25, 0.3) is 0 Å². The molecule has 0 aliphatic heterocycles. The first-order valence-corrected chi connectivity index (χ1v) is 5.27. The summed E-state index contributed by atoms with van der Waals surface area (Å²) in [5.41, 5.74) is 0.412. The van der Waals surface area contributed by atoms with Crippen molar-refractivity contribution in [2.45, 2.75) is 6.92 Å². The highest BCUT2D eigenvalue weighted by Gasteiger charge is 2.10. The van der Waals surface area contributed by atoms with Gasteiger partial charge in [0.15, 0.2) is 5.76 Å². The number of anilines is 1. The van der Waals surface area contributed by atoms with E-state index in [0.717, 1.165) is 0 Å². The largest absolute Gasteiger partial charge is 0.456 e. The highest BCUT2D eigenvalue weighted by atomic mass is 35.5. The normalized spacial score (nSPS) is 10.3. The van der Waals surface area contributed by atoms with Crippen LogP contribution in [-0.2, 0) is 0 Å². The Balaban J connectivity index is 2.15. The summed E-state index contributed by atoms with van der Waals surface area (Å²) in [5.74, 6) is -0.0884. The fourth-order valence-corrected chi connectivity index (χ4v) is 1.50. The van der Waals surface area contributed by atoms with Crippen molar-refractivity contribution < 1.29 is 13.6 Å². The lowest BCUT2D eigenvalue weighted by Crippen LogP contribution is -2.10. The van der Waals surface area contributed by atoms with E-state index >= 15 is 0 Å². The fourth-order valence-electron chi connectivity index (χ4n) is 1.32. The summed E-state index contributed by atoms with van der Waals surface area (Å²) >= 11 is 5.60. The minimum atomic E-state index is -0.529. The molecule has 2 rings (SSSR count). The number of rotatable bonds is 2. The highest BCUT2D eigenvalue weighted by molar-refractivity contribution is 6.31. The number of amides is 1. The molecular formula is C12H9ClFNO2. The first-order chi connectivity index (χ1) is 8.06. The van der Waals surface area contributed by atoms with Crippen LogP contribution in [0.3, 0.4) is 0 Å². The Labute approximate surface area is 102 Å². The minimum Gasteiger partial charge on any atom is -0.456 e. The Hall–Kier alpha value is -1.81. The molecule has 1 aromatic carbocycles. The summed E-state index contributed by atoms with van der Waals surface area (Å²) in [6.45, 7) is 1.74. The van der Waals surface area contributed by atoms with Gasteiger partial charge in [-0.3, -0.25) is 4.79 Å². The molecule has 0 spiro atoms. The molecule has 0 aliphatic rings. The molecule has 0 bridgehead atoms. The van der Waals surface area contributed by atoms with Crippen molar-refractivity contribution in [3.8, 4) is 0 Å². The van der Waals surface area contributed by atoms with Crippen LogP contribution in [0.15, 0.2) is 34.7 Å². The van der Waals surface area contributed by atoms with Crippen molar-refractivity contribution in [2.24, 2.45) is 0 Å². The molecular weight excluding hydrogens is 245 g/mol. The molecule has 1 amide bonds. The monoisotopic (exact) mass is 253 g/mol. The molecule has 1 aromatic heterocycles. The third-order valence-corrected chi connectivity index (χ3v) is 2.43. The molecule has 88 valence electrons. The summed E-state index contributed by atoms with van der Waals surface area (Å²) < 4.78 is 18.1. The lowest BCUT2D eigenvalue weighted by atomic mass is 10.3. The van der Waals surface area contributed by atoms with Gasteiger partial charge in [0.1, 0.15) is 11.6 Å². The third kappa shape index (κ3) is 2.65. The minimum absolute atomic E-state index is 0.0431. The summed E-state index contributed by atoms with van der Waals surface area (Å²) in [6, 6.07) is 7.20. The van der Waals surface area contributed by atoms with E-state index < -0.39 is 11.7 Å². The molecule has 3 nitrogen and oxygen atoms in total. The maximum atomic E-state index is 12.9. The highest BCUT2D eigenvalue weighted by Crippen LogP contribution is 2.20. The number of furan rings is 1. The molecule has 0 unspecified atom stereocenters. The van der Waals surface area contributed by atoms with E-state index in [2.05, 4.69) is 5.32 Å². The van der Waals surface area contributed by atoms with Crippen LogP contribution in [-0.4, -0.2) is 5.91 Å². The Kier molecular flexibility index (Phi) is 3.15. The number of hydrogen-bond donors (Lipinski definition) is 1. The Morgan fingerprint density at radius 2 is 2.12 bits per heavy atom. The predicted octanol–water partition coefficient (Wildman–Crippen LogP) is 3.63. The van der Waals surface area contributed by atoms with Crippen molar-refractivity contribution in [2.75, 3.05) is 5.32 Å². The first kappa shape index (κ1) is 11.7. The lowest BCUT2D eigenvalue weighted by molar-refractivity contribution is 0.0995. The molecule has 2 aromatic rings. The van der Waals surface area contributed by atoms with Gasteiger partial charge >= 0.3 is 0 Å². The van der Waals surface area contributed by atoms with Gasteiger partial charge in [0.25, 0.3) is 5.91 Å². The number of halogens is 2. The molecule has 1 heterocycles. The fraction of sp³-hybridized carbons (Fsp3) is 0.0833. The number of carbonyl (C=O) groups excluding carboxylic acids is 1. The van der Waals surface area contributed by atoms with E-state index in [1.807, 2.05) is 0 Å². The van der Waals surface area contributed by atoms with Gasteiger partial charge < -0.3 is 9.73 Å². The van der Waals surface area contributed by atoms with Crippen LogP contribution in [0.1, 0.15) is 16.3 Å². The molecule has 0 saturated heterocycles. The van der Waals surface area contributed by atoms with Crippen molar-refractivity contribution in [3.63, 3.8) is 0 Å². The first-order valence-electron chi connectivity index (χ1n) is 4.89. The summed E-state index contributed by atoms with van der Waals surface area (Å²) in [4.78, 5) is 11.7. The topological polar surface area (TPSA) is 42.2 Å². The quantitative estimate of drug-likeness (QED) is 0.888. The maximum absolute atomic E-state index is 12.9. The molecule has 1 N–H and O–H groups in total. The van der Waals surface area contributed by atoms with E-state index in [4.69, 9.17) is 16.0 Å². The second kappa shape index (κ2) is 4.59. The standard InChI is InChI=1S/C12H9ClFNO2/c1-7-2-5-11(17-7)12(16)15-8-3-4-10(14)9(13)6-8/h2-6H,1H3,(H,15,16). The summed E-state index contributed by atoms with van der Waals surface area (Å²) in [6.07, 6.45) is 0. The van der Waals surface area contributed by atoms with Crippen LogP contribution in [0.2, 0.25) is 5.02 Å². The van der Waals surface area contributed by atoms with E-state index in [0.29, 0.717) is 11.4 Å². The van der Waals surface area contributed by atoms with Crippen LogP contribution in [0.4, 0.5) is 10.1 Å². The Bertz CT molecular complexity index is 565. The molecule has 5 heteroatoms. The number of aryl methyl sites for hydroxylation is 1. The average Bonchev–Trinajstić information content (AvgIpc) is 2.70. The second-order valence-electron chi connectivity index (χ2n) is 3.49. The molecule has 0 atom stereocenters. The predicted molar refractivity (Wildman–Crippen MR) is 62.8 cm³/mol. The van der Waals surface area contributed by atoms with Crippen LogP contribution >= 0.6 is 11.6 Å². The van der Waals surface area contributed by atoms with Crippen LogP contribution in [0.5, 0.6) is 0 Å². The van der Waals surface area contributed by atoms with E-state index in [9.17, 15) is 9.18 Å². The van der Waals surface area contributed by atoms with Gasteiger partial charge in [-0.2, -0.15) is 0 Å². The lowest BCUT2D eigenvalue weighted by Gasteiger charge is -2.03. The van der Waals surface area contributed by atoms with Gasteiger partial charge in [-0.05, 0) is 37.3 Å². The SMILES string of the molecule is Cc1ccc(C(=O)Nc2ccc(F)c(Cl)c2)o1. The van der Waals surface area contributed by atoms with Gasteiger partial charge in [-0.25, -0.2) is 4.39 Å². The van der Waals surface area contributed by atoms with E-state index in [1.54, 1.807) is 19.1 Å². The zero-order chi connectivity index (χ0) is 12.4. The van der Waals surface area contributed by atoms with Gasteiger partial charge in [0.05, 0.1) is 5.02 Å². The smallest absolute Gasteiger partial charge is 0.291 e. The third-order valence-electron chi connectivity index (χ3n) is 2.14. The average molecular weight is 254 g/mol. The van der Waals surface area contributed by atoms with Gasteiger partial charge in [0.2, 0.25) is 0 Å². The van der Waals surface area contributed by atoms with Gasteiger partial charge in [-0.15, -0.1) is 0 Å². The van der Waals surface area contributed by atoms with Crippen molar-refractivity contribution in [3.05, 3.63) is 52.7 Å².